The Bertz CT molecular complexity index is 1230. The van der Waals surface area contributed by atoms with E-state index in [-0.39, 0.29) is 22.0 Å². The highest BCUT2D eigenvalue weighted by Gasteiger charge is 2.21. The molecule has 9 nitrogen and oxygen atoms in total. The minimum atomic E-state index is -3.95. The lowest BCUT2D eigenvalue weighted by Crippen LogP contribution is -2.22. The van der Waals surface area contributed by atoms with Crippen molar-refractivity contribution in [3.05, 3.63) is 71.0 Å². The van der Waals surface area contributed by atoms with E-state index in [2.05, 4.69) is 15.2 Å². The summed E-state index contributed by atoms with van der Waals surface area (Å²) in [6, 6.07) is 12.6. The van der Waals surface area contributed by atoms with E-state index >= 15 is 0 Å². The Hall–Kier alpha value is -3.66. The Morgan fingerprint density at radius 2 is 1.81 bits per heavy atom. The molecule has 0 fully saturated rings. The van der Waals surface area contributed by atoms with E-state index in [0.717, 1.165) is 5.56 Å². The topological polar surface area (TPSA) is 128 Å². The lowest BCUT2D eigenvalue weighted by atomic mass is 10.2. The standard InChI is InChI=1S/C21H21N3O6S/c1-13-8-9-14(2)18(10-13)31(27,28)24-17-7-5-4-6-16(17)21(26)29-12-20(25)22-19-11-15(3)30-23-19/h4-11,24H,12H2,1-3H3,(H,22,23,25). The molecule has 1 amide bonds. The van der Waals surface area contributed by atoms with E-state index in [1.54, 1.807) is 45.0 Å². The third kappa shape index (κ3) is 5.48. The normalized spacial score (nSPS) is 11.1. The number of carbonyl (C=O) groups is 2. The summed E-state index contributed by atoms with van der Waals surface area (Å²) in [6.07, 6.45) is 0. The first-order valence-electron chi connectivity index (χ1n) is 9.25. The third-order valence-electron chi connectivity index (χ3n) is 4.25. The molecule has 0 radical (unpaired) electrons. The molecule has 0 bridgehead atoms. The first kappa shape index (κ1) is 22.0. The highest BCUT2D eigenvalue weighted by molar-refractivity contribution is 7.92. The molecule has 0 spiro atoms. The van der Waals surface area contributed by atoms with E-state index < -0.39 is 28.5 Å². The molecule has 0 atom stereocenters. The van der Waals surface area contributed by atoms with Crippen molar-refractivity contribution < 1.29 is 27.3 Å². The number of hydrogen-bond acceptors (Lipinski definition) is 7. The van der Waals surface area contributed by atoms with Crippen LogP contribution in [0.1, 0.15) is 27.2 Å². The van der Waals surface area contributed by atoms with Gasteiger partial charge in [0.15, 0.2) is 12.4 Å². The zero-order valence-electron chi connectivity index (χ0n) is 17.1. The van der Waals surface area contributed by atoms with Crippen molar-refractivity contribution in [2.24, 2.45) is 0 Å². The van der Waals surface area contributed by atoms with Crippen LogP contribution in [0.4, 0.5) is 11.5 Å². The number of aromatic nitrogens is 1. The summed E-state index contributed by atoms with van der Waals surface area (Å²) in [6.45, 7) is 4.56. The molecule has 0 saturated heterocycles. The van der Waals surface area contributed by atoms with Gasteiger partial charge in [-0.05, 0) is 50.1 Å². The molecule has 1 heterocycles. The Kier molecular flexibility index (Phi) is 6.40. The Morgan fingerprint density at radius 3 is 2.52 bits per heavy atom. The van der Waals surface area contributed by atoms with Gasteiger partial charge in [-0.2, -0.15) is 0 Å². The minimum absolute atomic E-state index is 0.0264. The number of carbonyl (C=O) groups excluding carboxylic acids is 2. The van der Waals surface area contributed by atoms with Crippen LogP contribution in [-0.2, 0) is 19.6 Å². The van der Waals surface area contributed by atoms with Gasteiger partial charge in [-0.1, -0.05) is 29.4 Å². The number of aryl methyl sites for hydroxylation is 3. The summed E-state index contributed by atoms with van der Waals surface area (Å²) < 4.78 is 38.1. The van der Waals surface area contributed by atoms with Gasteiger partial charge in [-0.25, -0.2) is 13.2 Å². The monoisotopic (exact) mass is 443 g/mol. The van der Waals surface area contributed by atoms with Crippen molar-refractivity contribution in [2.45, 2.75) is 25.7 Å². The first-order valence-corrected chi connectivity index (χ1v) is 10.7. The summed E-state index contributed by atoms with van der Waals surface area (Å²) in [5, 5.41) is 6.04. The summed E-state index contributed by atoms with van der Waals surface area (Å²) in [5.74, 6) is -0.765. The second-order valence-electron chi connectivity index (χ2n) is 6.87. The van der Waals surface area contributed by atoms with Crippen molar-refractivity contribution in [1.29, 1.82) is 0 Å². The van der Waals surface area contributed by atoms with Crippen LogP contribution in [0.3, 0.4) is 0 Å². The van der Waals surface area contributed by atoms with Gasteiger partial charge in [0, 0.05) is 6.07 Å². The fourth-order valence-corrected chi connectivity index (χ4v) is 4.17. The van der Waals surface area contributed by atoms with E-state index in [1.165, 1.54) is 18.2 Å². The number of para-hydroxylation sites is 1. The molecule has 3 aromatic rings. The number of esters is 1. The van der Waals surface area contributed by atoms with Gasteiger partial charge in [-0.3, -0.25) is 9.52 Å². The molecule has 0 aliphatic heterocycles. The second-order valence-corrected chi connectivity index (χ2v) is 8.52. The maximum absolute atomic E-state index is 12.9. The van der Waals surface area contributed by atoms with Crippen molar-refractivity contribution in [3.63, 3.8) is 0 Å². The van der Waals surface area contributed by atoms with Crippen molar-refractivity contribution in [1.82, 2.24) is 5.16 Å². The number of anilines is 2. The average Bonchev–Trinajstić information content (AvgIpc) is 3.12. The molecular formula is C21H21N3O6S. The SMILES string of the molecule is Cc1ccc(C)c(S(=O)(=O)Nc2ccccc2C(=O)OCC(=O)Nc2cc(C)on2)c1. The number of nitrogens with zero attached hydrogens (tertiary/aromatic N) is 1. The fourth-order valence-electron chi connectivity index (χ4n) is 2.76. The number of ether oxygens (including phenoxy) is 1. The third-order valence-corrected chi connectivity index (χ3v) is 5.76. The predicted octanol–water partition coefficient (Wildman–Crippen LogP) is 3.20. The average molecular weight is 443 g/mol. The quantitative estimate of drug-likeness (QED) is 0.537. The van der Waals surface area contributed by atoms with Crippen LogP contribution in [0.5, 0.6) is 0 Å². The zero-order chi connectivity index (χ0) is 22.6. The molecule has 1 aromatic heterocycles. The number of nitrogens with one attached hydrogen (secondary N) is 2. The number of amides is 1. The largest absolute Gasteiger partial charge is 0.452 e. The molecule has 3 rings (SSSR count). The van der Waals surface area contributed by atoms with Crippen LogP contribution in [0.2, 0.25) is 0 Å². The van der Waals surface area contributed by atoms with Gasteiger partial charge in [0.25, 0.3) is 15.9 Å². The number of hydrogen-bond donors (Lipinski definition) is 2. The molecule has 0 aliphatic rings. The highest BCUT2D eigenvalue weighted by Crippen LogP contribution is 2.23. The Morgan fingerprint density at radius 1 is 1.06 bits per heavy atom. The van der Waals surface area contributed by atoms with Crippen molar-refractivity contribution >= 4 is 33.4 Å². The lowest BCUT2D eigenvalue weighted by molar-refractivity contribution is -0.119. The molecule has 2 aromatic carbocycles. The fraction of sp³-hybridized carbons (Fsp3) is 0.190. The van der Waals surface area contributed by atoms with Crippen LogP contribution < -0.4 is 10.0 Å². The van der Waals surface area contributed by atoms with Crippen molar-refractivity contribution in [2.75, 3.05) is 16.6 Å². The van der Waals surface area contributed by atoms with Gasteiger partial charge in [-0.15, -0.1) is 0 Å². The van der Waals surface area contributed by atoms with Crippen molar-refractivity contribution in [3.8, 4) is 0 Å². The predicted molar refractivity (Wildman–Crippen MR) is 113 cm³/mol. The summed E-state index contributed by atoms with van der Waals surface area (Å²) in [7, 11) is -3.95. The van der Waals surface area contributed by atoms with E-state index in [9.17, 15) is 18.0 Å². The van der Waals surface area contributed by atoms with Gasteiger partial charge >= 0.3 is 5.97 Å². The first-order chi connectivity index (χ1) is 14.7. The van der Waals surface area contributed by atoms with Crippen LogP contribution in [0.25, 0.3) is 0 Å². The van der Waals surface area contributed by atoms with Gasteiger partial charge in [0.05, 0.1) is 16.1 Å². The lowest BCUT2D eigenvalue weighted by Gasteiger charge is -2.14. The molecule has 0 saturated carbocycles. The number of sulfonamides is 1. The van der Waals surface area contributed by atoms with E-state index in [0.29, 0.717) is 11.3 Å². The Labute approximate surface area is 179 Å². The van der Waals surface area contributed by atoms with Crippen LogP contribution in [-0.4, -0.2) is 32.1 Å². The summed E-state index contributed by atoms with van der Waals surface area (Å²) >= 11 is 0. The molecule has 2 N–H and O–H groups in total. The molecule has 0 unspecified atom stereocenters. The van der Waals surface area contributed by atoms with Crippen LogP contribution >= 0.6 is 0 Å². The number of benzene rings is 2. The maximum atomic E-state index is 12.9. The van der Waals surface area contributed by atoms with Crippen LogP contribution in [0, 0.1) is 20.8 Å². The molecule has 10 heteroatoms. The maximum Gasteiger partial charge on any atom is 0.340 e. The second kappa shape index (κ2) is 9.00. The van der Waals surface area contributed by atoms with E-state index in [4.69, 9.17) is 9.26 Å². The minimum Gasteiger partial charge on any atom is -0.452 e. The molecule has 0 aliphatic carbocycles. The van der Waals surface area contributed by atoms with Gasteiger partial charge in [0.1, 0.15) is 5.76 Å². The summed E-state index contributed by atoms with van der Waals surface area (Å²) in [4.78, 5) is 24.6. The zero-order valence-corrected chi connectivity index (χ0v) is 17.9. The van der Waals surface area contributed by atoms with Gasteiger partial charge < -0.3 is 14.6 Å². The molecule has 31 heavy (non-hydrogen) atoms. The molecular weight excluding hydrogens is 422 g/mol. The van der Waals surface area contributed by atoms with E-state index in [1.807, 2.05) is 6.07 Å². The van der Waals surface area contributed by atoms with Crippen LogP contribution in [0.15, 0.2) is 57.9 Å². The summed E-state index contributed by atoms with van der Waals surface area (Å²) in [5.41, 5.74) is 1.37. The highest BCUT2D eigenvalue weighted by atomic mass is 32.2. The van der Waals surface area contributed by atoms with Gasteiger partial charge in [0.2, 0.25) is 0 Å². The number of rotatable bonds is 7. The smallest absolute Gasteiger partial charge is 0.340 e. The molecule has 162 valence electrons. The Balaban J connectivity index is 1.73.